The van der Waals surface area contributed by atoms with Gasteiger partial charge in [0.15, 0.2) is 0 Å². The molecule has 0 aliphatic carbocycles. The number of urea groups is 1. The summed E-state index contributed by atoms with van der Waals surface area (Å²) in [5.41, 5.74) is 10.3. The van der Waals surface area contributed by atoms with E-state index in [2.05, 4.69) is 22.0 Å². The maximum Gasteiger partial charge on any atom is 0.421 e. The fourth-order valence-corrected chi connectivity index (χ4v) is 0.236. The van der Waals surface area contributed by atoms with E-state index in [1.54, 1.807) is 0 Å². The molecule has 0 heterocycles. The van der Waals surface area contributed by atoms with E-state index < -0.39 is 12.1 Å². The van der Waals surface area contributed by atoms with Gasteiger partial charge in [0, 0.05) is 0 Å². The predicted molar refractivity (Wildman–Crippen MR) is 42.7 cm³/mol. The molecule has 0 aliphatic heterocycles. The summed E-state index contributed by atoms with van der Waals surface area (Å²) >= 11 is 0. The molecule has 0 fully saturated rings. The quantitative estimate of drug-likeness (QED) is 0.245. The summed E-state index contributed by atoms with van der Waals surface area (Å²) in [5, 5.41) is 0. The van der Waals surface area contributed by atoms with Crippen LogP contribution >= 0.6 is 0 Å². The summed E-state index contributed by atoms with van der Waals surface area (Å²) < 4.78 is 4.47. The van der Waals surface area contributed by atoms with Gasteiger partial charge in [-0.15, -0.1) is 0 Å². The van der Waals surface area contributed by atoms with Gasteiger partial charge in [-0.2, -0.15) is 0 Å². The first kappa shape index (κ1) is 13.1. The predicted octanol–water partition coefficient (Wildman–Crippen LogP) is -0.980. The Morgan fingerprint density at radius 1 is 1.42 bits per heavy atom. The van der Waals surface area contributed by atoms with Crippen molar-refractivity contribution >= 4 is 12.1 Å². The van der Waals surface area contributed by atoms with Crippen molar-refractivity contribution in [1.29, 1.82) is 0 Å². The van der Waals surface area contributed by atoms with Crippen molar-refractivity contribution in [3.63, 3.8) is 0 Å². The molecule has 7 N–H and O–H groups in total. The highest BCUT2D eigenvalue weighted by molar-refractivity contribution is 5.69. The van der Waals surface area contributed by atoms with Gasteiger partial charge in [0.25, 0.3) is 0 Å². The highest BCUT2D eigenvalue weighted by atomic mass is 16.5. The first-order chi connectivity index (χ1) is 5.54. The van der Waals surface area contributed by atoms with Gasteiger partial charge in [-0.1, -0.05) is 6.92 Å². The van der Waals surface area contributed by atoms with E-state index in [0.29, 0.717) is 6.61 Å². The Morgan fingerprint density at radius 2 is 1.83 bits per heavy atom. The highest BCUT2D eigenvalue weighted by Crippen LogP contribution is 1.78. The van der Waals surface area contributed by atoms with Crippen LogP contribution < -0.4 is 22.7 Å². The molecule has 0 rings (SSSR count). The van der Waals surface area contributed by atoms with Gasteiger partial charge in [-0.25, -0.2) is 15.4 Å². The third-order valence-electron chi connectivity index (χ3n) is 0.555. The first-order valence-electron chi connectivity index (χ1n) is 3.22. The molecule has 7 heteroatoms. The maximum atomic E-state index is 10.1. The smallest absolute Gasteiger partial charge is 0.421 e. The largest absolute Gasteiger partial charge is 0.449 e. The maximum absolute atomic E-state index is 10.1. The van der Waals surface area contributed by atoms with E-state index in [-0.39, 0.29) is 0 Å². The Hall–Kier alpha value is -1.50. The second-order valence-corrected chi connectivity index (χ2v) is 1.68. The number of ether oxygens (including phenoxy) is 1. The number of carbonyl (C=O) groups is 2. The van der Waals surface area contributed by atoms with E-state index in [1.165, 1.54) is 0 Å². The summed E-state index contributed by atoms with van der Waals surface area (Å²) in [7, 11) is 0. The molecule has 0 unspecified atom stereocenters. The molecule has 0 radical (unpaired) electrons. The number of hydrogen-bond donors (Lipinski definition) is 4. The Bertz CT molecular complexity index is 135. The molecule has 12 heavy (non-hydrogen) atoms. The molecule has 0 spiro atoms. The summed E-state index contributed by atoms with van der Waals surface area (Å²) in [4.78, 5) is 19.1. The monoisotopic (exact) mass is 178 g/mol. The topological polar surface area (TPSA) is 133 Å². The lowest BCUT2D eigenvalue weighted by molar-refractivity contribution is 0.146. The minimum Gasteiger partial charge on any atom is -0.449 e. The number of amides is 3. The zero-order valence-corrected chi connectivity index (χ0v) is 6.87. The molecule has 0 saturated heterocycles. The van der Waals surface area contributed by atoms with E-state index >= 15 is 0 Å². The Morgan fingerprint density at radius 3 is 2.08 bits per heavy atom. The summed E-state index contributed by atoms with van der Waals surface area (Å²) in [6, 6.07) is -0.833. The van der Waals surface area contributed by atoms with Crippen LogP contribution in [0.2, 0.25) is 0 Å². The van der Waals surface area contributed by atoms with Crippen molar-refractivity contribution in [2.45, 2.75) is 13.3 Å². The molecule has 0 atom stereocenters. The summed E-state index contributed by atoms with van der Waals surface area (Å²) in [6.45, 7) is 2.33. The lowest BCUT2D eigenvalue weighted by Crippen LogP contribution is -2.30. The van der Waals surface area contributed by atoms with Crippen molar-refractivity contribution in [2.24, 2.45) is 17.3 Å². The average molecular weight is 178 g/mol. The normalized spacial score (nSPS) is 7.50. The number of nitrogens with one attached hydrogen (secondary N) is 1. The van der Waals surface area contributed by atoms with Gasteiger partial charge in [-0.3, -0.25) is 5.43 Å². The first-order valence-corrected chi connectivity index (χ1v) is 3.22. The molecule has 0 aromatic rings. The number of primary amides is 2. The van der Waals surface area contributed by atoms with E-state index in [4.69, 9.17) is 4.79 Å². The Kier molecular flexibility index (Phi) is 10.4. The van der Waals surface area contributed by atoms with Crippen LogP contribution in [0.25, 0.3) is 0 Å². The van der Waals surface area contributed by atoms with Crippen LogP contribution in [0, 0.1) is 0 Å². The number of rotatable bonds is 2. The van der Waals surface area contributed by atoms with Crippen LogP contribution in [-0.4, -0.2) is 18.7 Å². The molecule has 7 nitrogen and oxygen atoms in total. The fourth-order valence-electron chi connectivity index (χ4n) is 0.236. The van der Waals surface area contributed by atoms with Crippen molar-refractivity contribution in [3.05, 3.63) is 0 Å². The second kappa shape index (κ2) is 9.50. The zero-order valence-electron chi connectivity index (χ0n) is 6.87. The van der Waals surface area contributed by atoms with Gasteiger partial charge in [0.2, 0.25) is 0 Å². The molecule has 3 amide bonds. The third-order valence-corrected chi connectivity index (χ3v) is 0.555. The molecule has 0 aliphatic rings. The molecule has 0 aromatic heterocycles. The van der Waals surface area contributed by atoms with E-state index in [9.17, 15) is 4.79 Å². The van der Waals surface area contributed by atoms with Gasteiger partial charge < -0.3 is 16.2 Å². The molecule has 72 valence electrons. The number of hydrazine groups is 1. The van der Waals surface area contributed by atoms with Crippen LogP contribution in [0.3, 0.4) is 0 Å². The molecule has 0 saturated carbocycles. The number of carbonyl (C=O) groups excluding carboxylic acids is 2. The van der Waals surface area contributed by atoms with Crippen LogP contribution in [0.1, 0.15) is 13.3 Å². The van der Waals surface area contributed by atoms with Crippen molar-refractivity contribution in [3.8, 4) is 0 Å². The standard InChI is InChI=1S/C4H10N2O2.CH4N2O/c1-2-3-8-4(7)6-5;2-1(3)4/h2-3,5H2,1H3,(H,6,7);(H4,2,3,4). The molecular weight excluding hydrogens is 164 g/mol. The van der Waals surface area contributed by atoms with Crippen LogP contribution in [0.5, 0.6) is 0 Å². The fraction of sp³-hybridized carbons (Fsp3) is 0.600. The highest BCUT2D eigenvalue weighted by Gasteiger charge is 1.92. The molecule has 0 aromatic carbocycles. The molecular formula is C5H14N4O3. The van der Waals surface area contributed by atoms with Crippen LogP contribution in [0.15, 0.2) is 0 Å². The Labute approximate surface area is 70.2 Å². The van der Waals surface area contributed by atoms with Gasteiger partial charge in [0.05, 0.1) is 6.61 Å². The average Bonchev–Trinajstić information content (AvgIpc) is 1.99. The zero-order chi connectivity index (χ0) is 9.98. The number of nitrogens with two attached hydrogens (primary N) is 3. The van der Waals surface area contributed by atoms with E-state index in [1.807, 2.05) is 12.3 Å². The number of hydrogen-bond acceptors (Lipinski definition) is 4. The second-order valence-electron chi connectivity index (χ2n) is 1.68. The summed E-state index contributed by atoms with van der Waals surface area (Å²) in [6.07, 6.45) is 0.236. The third kappa shape index (κ3) is 23.6. The van der Waals surface area contributed by atoms with Crippen molar-refractivity contribution < 1.29 is 14.3 Å². The molecule has 0 bridgehead atoms. The van der Waals surface area contributed by atoms with Gasteiger partial charge in [-0.05, 0) is 6.42 Å². The minimum absolute atomic E-state index is 0.420. The Balaban J connectivity index is 0. The lowest BCUT2D eigenvalue weighted by Gasteiger charge is -1.98. The van der Waals surface area contributed by atoms with Gasteiger partial charge >= 0.3 is 12.1 Å². The van der Waals surface area contributed by atoms with Crippen molar-refractivity contribution in [1.82, 2.24) is 5.43 Å². The van der Waals surface area contributed by atoms with Gasteiger partial charge in [0.1, 0.15) is 0 Å². The van der Waals surface area contributed by atoms with E-state index in [0.717, 1.165) is 6.42 Å². The summed E-state index contributed by atoms with van der Waals surface area (Å²) in [5.74, 6) is 4.69. The van der Waals surface area contributed by atoms with Crippen molar-refractivity contribution in [2.75, 3.05) is 6.61 Å². The minimum atomic E-state index is -0.833. The lowest BCUT2D eigenvalue weighted by atomic mass is 10.5. The van der Waals surface area contributed by atoms with Crippen LogP contribution in [0.4, 0.5) is 9.59 Å². The SMILES string of the molecule is CCCOC(=O)NN.NC(N)=O. The van der Waals surface area contributed by atoms with Crippen LogP contribution in [-0.2, 0) is 4.74 Å².